The monoisotopic (exact) mass is 339 g/mol. The highest BCUT2D eigenvalue weighted by Gasteiger charge is 2.27. The summed E-state index contributed by atoms with van der Waals surface area (Å²) in [7, 11) is 1.64. The Bertz CT molecular complexity index is 905. The molecule has 2 N–H and O–H groups in total. The summed E-state index contributed by atoms with van der Waals surface area (Å²) in [6.07, 6.45) is 1.77. The number of amides is 1. The van der Waals surface area contributed by atoms with Gasteiger partial charge in [0.2, 0.25) is 0 Å². The van der Waals surface area contributed by atoms with Gasteiger partial charge < -0.3 is 14.6 Å². The fourth-order valence-electron chi connectivity index (χ4n) is 3.41. The summed E-state index contributed by atoms with van der Waals surface area (Å²) < 4.78 is 5.24. The second-order valence-corrected chi connectivity index (χ2v) is 6.48. The van der Waals surface area contributed by atoms with E-state index in [-0.39, 0.29) is 5.91 Å². The fourth-order valence-corrected chi connectivity index (χ4v) is 3.41. The highest BCUT2D eigenvalue weighted by molar-refractivity contribution is 5.98. The van der Waals surface area contributed by atoms with Crippen LogP contribution < -0.4 is 4.74 Å². The van der Waals surface area contributed by atoms with E-state index in [4.69, 9.17) is 4.74 Å². The first-order chi connectivity index (χ1) is 12.1. The fraction of sp³-hybridized carbons (Fsp3) is 0.389. The molecule has 0 atom stereocenters. The van der Waals surface area contributed by atoms with Gasteiger partial charge in [-0.25, -0.2) is 4.98 Å². The Labute approximate surface area is 145 Å². The second-order valence-electron chi connectivity index (χ2n) is 6.48. The smallest absolute Gasteiger partial charge is 0.270 e. The van der Waals surface area contributed by atoms with E-state index >= 15 is 0 Å². The summed E-state index contributed by atoms with van der Waals surface area (Å²) >= 11 is 0. The van der Waals surface area contributed by atoms with Gasteiger partial charge in [-0.1, -0.05) is 0 Å². The van der Waals surface area contributed by atoms with Crippen molar-refractivity contribution in [1.29, 1.82) is 0 Å². The number of fused-ring (bicyclic) bond motifs is 1. The molecule has 25 heavy (non-hydrogen) atoms. The predicted molar refractivity (Wildman–Crippen MR) is 93.8 cm³/mol. The average Bonchev–Trinajstić information content (AvgIpc) is 3.26. The molecule has 3 heterocycles. The second kappa shape index (κ2) is 6.23. The molecule has 1 amide bonds. The predicted octanol–water partition coefficient (Wildman–Crippen LogP) is 2.62. The van der Waals surface area contributed by atoms with Crippen molar-refractivity contribution in [3.8, 4) is 5.75 Å². The van der Waals surface area contributed by atoms with E-state index in [9.17, 15) is 4.79 Å². The summed E-state index contributed by atoms with van der Waals surface area (Å²) in [5, 5.41) is 8.13. The third-order valence-electron chi connectivity index (χ3n) is 4.82. The minimum absolute atomic E-state index is 0.0415. The van der Waals surface area contributed by atoms with Gasteiger partial charge in [0.15, 0.2) is 5.82 Å². The number of benzene rings is 1. The normalized spacial score (nSPS) is 15.7. The van der Waals surface area contributed by atoms with Gasteiger partial charge in [0.25, 0.3) is 5.91 Å². The van der Waals surface area contributed by atoms with E-state index in [1.807, 2.05) is 36.1 Å². The average molecular weight is 339 g/mol. The number of aromatic nitrogens is 4. The Hall–Kier alpha value is -2.83. The van der Waals surface area contributed by atoms with E-state index in [1.165, 1.54) is 0 Å². The van der Waals surface area contributed by atoms with Crippen molar-refractivity contribution in [3.05, 3.63) is 41.6 Å². The zero-order chi connectivity index (χ0) is 17.4. The summed E-state index contributed by atoms with van der Waals surface area (Å²) in [6.45, 7) is 3.34. The van der Waals surface area contributed by atoms with Crippen LogP contribution in [-0.4, -0.2) is 51.2 Å². The standard InChI is InChI=1S/C18H21N5O2/c1-11-19-17(22-21-11)12-5-7-23(8-6-12)18(24)16-10-13-9-14(25-2)3-4-15(13)20-16/h3-4,9-10,12,20H,5-8H2,1-2H3,(H,19,21,22). The topological polar surface area (TPSA) is 86.9 Å². The SMILES string of the molecule is COc1ccc2[nH]c(C(=O)N3CCC(c4n[nH]c(C)n4)CC3)cc2c1. The molecule has 2 aromatic heterocycles. The van der Waals surface area contributed by atoms with Crippen molar-refractivity contribution >= 4 is 16.8 Å². The number of nitrogens with zero attached hydrogens (tertiary/aromatic N) is 3. The van der Waals surface area contributed by atoms with E-state index in [1.54, 1.807) is 7.11 Å². The molecule has 7 heteroatoms. The molecule has 1 aliphatic rings. The lowest BCUT2D eigenvalue weighted by molar-refractivity contribution is 0.0706. The first kappa shape index (κ1) is 15.7. The Morgan fingerprint density at radius 3 is 2.76 bits per heavy atom. The number of carbonyl (C=O) groups excluding carboxylic acids is 1. The molecule has 1 fully saturated rings. The highest BCUT2D eigenvalue weighted by Crippen LogP contribution is 2.27. The molecule has 1 aliphatic heterocycles. The molecule has 0 unspecified atom stereocenters. The highest BCUT2D eigenvalue weighted by atomic mass is 16.5. The molecule has 0 aliphatic carbocycles. The van der Waals surface area contributed by atoms with Crippen LogP contribution >= 0.6 is 0 Å². The van der Waals surface area contributed by atoms with Crippen LogP contribution in [0.1, 0.15) is 40.9 Å². The molecule has 0 radical (unpaired) electrons. The molecule has 7 nitrogen and oxygen atoms in total. The van der Waals surface area contributed by atoms with Gasteiger partial charge in [-0.3, -0.25) is 9.89 Å². The van der Waals surface area contributed by atoms with Crippen LogP contribution in [0.25, 0.3) is 10.9 Å². The van der Waals surface area contributed by atoms with Gasteiger partial charge in [-0.2, -0.15) is 5.10 Å². The Kier molecular flexibility index (Phi) is 3.91. The van der Waals surface area contributed by atoms with E-state index < -0.39 is 0 Å². The maximum atomic E-state index is 12.8. The van der Waals surface area contributed by atoms with Crippen LogP contribution in [0.2, 0.25) is 0 Å². The first-order valence-electron chi connectivity index (χ1n) is 8.49. The molecule has 0 spiro atoms. The molecular weight excluding hydrogens is 318 g/mol. The minimum Gasteiger partial charge on any atom is -0.497 e. The van der Waals surface area contributed by atoms with Crippen molar-refractivity contribution in [2.45, 2.75) is 25.7 Å². The lowest BCUT2D eigenvalue weighted by Gasteiger charge is -2.30. The Morgan fingerprint density at radius 1 is 1.28 bits per heavy atom. The number of methoxy groups -OCH3 is 1. The summed E-state index contributed by atoms with van der Waals surface area (Å²) in [5.74, 6) is 2.85. The number of aromatic amines is 2. The summed E-state index contributed by atoms with van der Waals surface area (Å²) in [4.78, 5) is 22.3. The third-order valence-corrected chi connectivity index (χ3v) is 4.82. The van der Waals surface area contributed by atoms with Crippen molar-refractivity contribution in [2.24, 2.45) is 0 Å². The molecule has 0 saturated carbocycles. The zero-order valence-electron chi connectivity index (χ0n) is 14.4. The van der Waals surface area contributed by atoms with Crippen LogP contribution in [0, 0.1) is 6.92 Å². The number of rotatable bonds is 3. The number of hydrogen-bond acceptors (Lipinski definition) is 4. The number of H-pyrrole nitrogens is 2. The number of piperidine rings is 1. The van der Waals surface area contributed by atoms with Crippen molar-refractivity contribution in [2.75, 3.05) is 20.2 Å². The number of hydrogen-bond donors (Lipinski definition) is 2. The molecule has 3 aromatic rings. The molecule has 130 valence electrons. The van der Waals surface area contributed by atoms with Crippen LogP contribution in [-0.2, 0) is 0 Å². The molecular formula is C18H21N5O2. The van der Waals surface area contributed by atoms with Crippen LogP contribution in [0.4, 0.5) is 0 Å². The molecule has 1 aromatic carbocycles. The largest absolute Gasteiger partial charge is 0.497 e. The van der Waals surface area contributed by atoms with Crippen molar-refractivity contribution in [1.82, 2.24) is 25.1 Å². The Balaban J connectivity index is 1.46. The van der Waals surface area contributed by atoms with Crippen molar-refractivity contribution < 1.29 is 9.53 Å². The van der Waals surface area contributed by atoms with Crippen LogP contribution in [0.15, 0.2) is 24.3 Å². The summed E-state index contributed by atoms with van der Waals surface area (Å²) in [5.41, 5.74) is 1.56. The third kappa shape index (κ3) is 2.97. The Morgan fingerprint density at radius 2 is 2.08 bits per heavy atom. The lowest BCUT2D eigenvalue weighted by Crippen LogP contribution is -2.38. The van der Waals surface area contributed by atoms with Gasteiger partial charge in [-0.15, -0.1) is 0 Å². The van der Waals surface area contributed by atoms with Gasteiger partial charge >= 0.3 is 0 Å². The van der Waals surface area contributed by atoms with E-state index in [0.717, 1.165) is 54.2 Å². The minimum atomic E-state index is 0.0415. The summed E-state index contributed by atoms with van der Waals surface area (Å²) in [6, 6.07) is 7.64. The number of ether oxygens (including phenoxy) is 1. The van der Waals surface area contributed by atoms with Crippen molar-refractivity contribution in [3.63, 3.8) is 0 Å². The number of carbonyl (C=O) groups is 1. The number of aryl methyl sites for hydroxylation is 1. The lowest BCUT2D eigenvalue weighted by atomic mass is 9.96. The number of likely N-dealkylation sites (tertiary alicyclic amines) is 1. The maximum Gasteiger partial charge on any atom is 0.270 e. The maximum absolute atomic E-state index is 12.8. The van der Waals surface area contributed by atoms with Gasteiger partial charge in [-0.05, 0) is 44.0 Å². The van der Waals surface area contributed by atoms with Gasteiger partial charge in [0, 0.05) is 29.9 Å². The van der Waals surface area contributed by atoms with E-state index in [2.05, 4.69) is 20.2 Å². The van der Waals surface area contributed by atoms with Crippen LogP contribution in [0.5, 0.6) is 5.75 Å². The van der Waals surface area contributed by atoms with E-state index in [0.29, 0.717) is 11.6 Å². The van der Waals surface area contributed by atoms with Gasteiger partial charge in [0.05, 0.1) is 7.11 Å². The van der Waals surface area contributed by atoms with Crippen LogP contribution in [0.3, 0.4) is 0 Å². The van der Waals surface area contributed by atoms with Gasteiger partial charge in [0.1, 0.15) is 17.3 Å². The molecule has 4 rings (SSSR count). The number of nitrogens with one attached hydrogen (secondary N) is 2. The zero-order valence-corrected chi connectivity index (χ0v) is 14.4. The quantitative estimate of drug-likeness (QED) is 0.768. The first-order valence-corrected chi connectivity index (χ1v) is 8.49. The molecule has 1 saturated heterocycles. The molecule has 0 bridgehead atoms.